The molecule has 1 amide bonds. The summed E-state index contributed by atoms with van der Waals surface area (Å²) in [6, 6.07) is 0.503. The van der Waals surface area contributed by atoms with E-state index in [2.05, 4.69) is 31.1 Å². The Kier molecular flexibility index (Phi) is 7.28. The highest BCUT2D eigenvalue weighted by Gasteiger charge is 2.19. The molecule has 1 heterocycles. The van der Waals surface area contributed by atoms with E-state index in [1.165, 1.54) is 25.7 Å². The van der Waals surface area contributed by atoms with Crippen molar-refractivity contribution in [3.8, 4) is 0 Å². The third kappa shape index (κ3) is 5.36. The molecule has 0 saturated carbocycles. The molecule has 106 valence electrons. The summed E-state index contributed by atoms with van der Waals surface area (Å²) in [5, 5.41) is 3.27. The number of rotatable bonds is 7. The summed E-state index contributed by atoms with van der Waals surface area (Å²) in [6.07, 6.45) is 5.02. The van der Waals surface area contributed by atoms with Crippen LogP contribution in [0.2, 0.25) is 0 Å². The van der Waals surface area contributed by atoms with Gasteiger partial charge in [-0.2, -0.15) is 0 Å². The van der Waals surface area contributed by atoms with Crippen molar-refractivity contribution in [2.24, 2.45) is 0 Å². The first-order valence-corrected chi connectivity index (χ1v) is 7.34. The van der Waals surface area contributed by atoms with E-state index in [4.69, 9.17) is 0 Å². The molecule has 1 aliphatic rings. The summed E-state index contributed by atoms with van der Waals surface area (Å²) in [4.78, 5) is 16.3. The Labute approximate surface area is 112 Å². The Morgan fingerprint density at radius 2 is 2.00 bits per heavy atom. The molecule has 1 saturated heterocycles. The molecule has 0 spiro atoms. The number of likely N-dealkylation sites (N-methyl/N-ethyl adjacent to an activating group) is 1. The highest BCUT2D eigenvalue weighted by molar-refractivity contribution is 5.78. The molecule has 1 N–H and O–H groups in total. The molecule has 0 bridgehead atoms. The van der Waals surface area contributed by atoms with E-state index in [0.29, 0.717) is 12.6 Å². The highest BCUT2D eigenvalue weighted by atomic mass is 16.2. The van der Waals surface area contributed by atoms with Gasteiger partial charge in [0.2, 0.25) is 5.91 Å². The van der Waals surface area contributed by atoms with E-state index in [0.717, 1.165) is 26.2 Å². The number of piperazine rings is 1. The summed E-state index contributed by atoms with van der Waals surface area (Å²) in [5.41, 5.74) is 0. The second-order valence-electron chi connectivity index (χ2n) is 5.39. The van der Waals surface area contributed by atoms with E-state index in [1.54, 1.807) is 0 Å². The van der Waals surface area contributed by atoms with Crippen LogP contribution in [0.1, 0.15) is 39.5 Å². The Bertz CT molecular complexity index is 239. The van der Waals surface area contributed by atoms with Gasteiger partial charge < -0.3 is 10.2 Å². The van der Waals surface area contributed by atoms with Crippen LogP contribution in [0.5, 0.6) is 0 Å². The molecule has 0 aromatic rings. The Balaban J connectivity index is 2.24. The van der Waals surface area contributed by atoms with Crippen molar-refractivity contribution in [1.82, 2.24) is 15.1 Å². The summed E-state index contributed by atoms with van der Waals surface area (Å²) in [7, 11) is 2.07. The average molecular weight is 255 g/mol. The van der Waals surface area contributed by atoms with Gasteiger partial charge in [0.05, 0.1) is 6.54 Å². The van der Waals surface area contributed by atoms with Crippen LogP contribution >= 0.6 is 0 Å². The zero-order valence-corrected chi connectivity index (χ0v) is 12.2. The van der Waals surface area contributed by atoms with Gasteiger partial charge >= 0.3 is 0 Å². The monoisotopic (exact) mass is 255 g/mol. The van der Waals surface area contributed by atoms with E-state index >= 15 is 0 Å². The number of nitrogens with zero attached hydrogens (tertiary/aromatic N) is 2. The van der Waals surface area contributed by atoms with Gasteiger partial charge in [-0.1, -0.05) is 26.2 Å². The Morgan fingerprint density at radius 3 is 2.61 bits per heavy atom. The first-order chi connectivity index (χ1) is 8.65. The van der Waals surface area contributed by atoms with Gasteiger partial charge in [0.15, 0.2) is 0 Å². The van der Waals surface area contributed by atoms with Crippen molar-refractivity contribution in [3.63, 3.8) is 0 Å². The van der Waals surface area contributed by atoms with E-state index in [9.17, 15) is 4.79 Å². The average Bonchev–Trinajstić information content (AvgIpc) is 2.39. The van der Waals surface area contributed by atoms with Crippen LogP contribution in [0.25, 0.3) is 0 Å². The second-order valence-corrected chi connectivity index (χ2v) is 5.39. The van der Waals surface area contributed by atoms with E-state index in [1.807, 2.05) is 4.90 Å². The fraction of sp³-hybridized carbons (Fsp3) is 0.929. The maximum absolute atomic E-state index is 12.1. The first kappa shape index (κ1) is 15.4. The SMILES string of the molecule is CCCCCC(C)N(C)CC(=O)N1CCNCC1. The lowest BCUT2D eigenvalue weighted by atomic mass is 10.1. The Morgan fingerprint density at radius 1 is 1.33 bits per heavy atom. The number of amides is 1. The molecule has 1 rings (SSSR count). The third-order valence-corrected chi connectivity index (χ3v) is 3.83. The van der Waals surface area contributed by atoms with Crippen LogP contribution in [0, 0.1) is 0 Å². The number of carbonyl (C=O) groups is 1. The first-order valence-electron chi connectivity index (χ1n) is 7.34. The number of unbranched alkanes of at least 4 members (excludes halogenated alkanes) is 2. The second kappa shape index (κ2) is 8.48. The van der Waals surface area contributed by atoms with Gasteiger partial charge in [0.25, 0.3) is 0 Å². The number of carbonyl (C=O) groups excluding carboxylic acids is 1. The standard InChI is InChI=1S/C14H29N3O/c1-4-5-6-7-13(2)16(3)12-14(18)17-10-8-15-9-11-17/h13,15H,4-12H2,1-3H3. The normalized spacial score (nSPS) is 18.1. The minimum atomic E-state index is 0.279. The maximum atomic E-state index is 12.1. The number of hydrogen-bond acceptors (Lipinski definition) is 3. The summed E-state index contributed by atoms with van der Waals surface area (Å²) in [5.74, 6) is 0.279. The summed E-state index contributed by atoms with van der Waals surface area (Å²) < 4.78 is 0. The number of hydrogen-bond donors (Lipinski definition) is 1. The van der Waals surface area contributed by atoms with Crippen LogP contribution in [-0.2, 0) is 4.79 Å². The molecule has 0 aliphatic carbocycles. The topological polar surface area (TPSA) is 35.6 Å². The van der Waals surface area contributed by atoms with Crippen molar-refractivity contribution >= 4 is 5.91 Å². The molecule has 1 aliphatic heterocycles. The molecule has 1 fully saturated rings. The van der Waals surface area contributed by atoms with Gasteiger partial charge in [-0.05, 0) is 20.4 Å². The fourth-order valence-corrected chi connectivity index (χ4v) is 2.29. The Hall–Kier alpha value is -0.610. The maximum Gasteiger partial charge on any atom is 0.236 e. The van der Waals surface area contributed by atoms with Gasteiger partial charge in [-0.3, -0.25) is 9.69 Å². The zero-order chi connectivity index (χ0) is 13.4. The molecule has 1 unspecified atom stereocenters. The largest absolute Gasteiger partial charge is 0.339 e. The van der Waals surface area contributed by atoms with Crippen molar-refractivity contribution < 1.29 is 4.79 Å². The molecule has 4 heteroatoms. The molecule has 0 aromatic carbocycles. The van der Waals surface area contributed by atoms with Crippen LogP contribution < -0.4 is 5.32 Å². The van der Waals surface area contributed by atoms with Crippen LogP contribution in [0.3, 0.4) is 0 Å². The van der Waals surface area contributed by atoms with Crippen molar-refractivity contribution in [1.29, 1.82) is 0 Å². The van der Waals surface area contributed by atoms with Crippen molar-refractivity contribution in [3.05, 3.63) is 0 Å². The van der Waals surface area contributed by atoms with E-state index < -0.39 is 0 Å². The minimum absolute atomic E-state index is 0.279. The summed E-state index contributed by atoms with van der Waals surface area (Å²) >= 11 is 0. The van der Waals surface area contributed by atoms with Crippen LogP contribution in [0.4, 0.5) is 0 Å². The smallest absolute Gasteiger partial charge is 0.236 e. The van der Waals surface area contributed by atoms with Crippen LogP contribution in [0.15, 0.2) is 0 Å². The van der Waals surface area contributed by atoms with Gasteiger partial charge in [0.1, 0.15) is 0 Å². The van der Waals surface area contributed by atoms with Crippen molar-refractivity contribution in [2.75, 3.05) is 39.8 Å². The quantitative estimate of drug-likeness (QED) is 0.697. The lowest BCUT2D eigenvalue weighted by molar-refractivity contribution is -0.133. The number of nitrogens with one attached hydrogen (secondary N) is 1. The predicted octanol–water partition coefficient (Wildman–Crippen LogP) is 1.32. The lowest BCUT2D eigenvalue weighted by Crippen LogP contribution is -2.50. The molecular formula is C14H29N3O. The fourth-order valence-electron chi connectivity index (χ4n) is 2.29. The predicted molar refractivity (Wildman–Crippen MR) is 75.7 cm³/mol. The molecular weight excluding hydrogens is 226 g/mol. The van der Waals surface area contributed by atoms with Crippen molar-refractivity contribution in [2.45, 2.75) is 45.6 Å². The van der Waals surface area contributed by atoms with Gasteiger partial charge in [-0.15, -0.1) is 0 Å². The zero-order valence-electron chi connectivity index (χ0n) is 12.2. The lowest BCUT2D eigenvalue weighted by Gasteiger charge is -2.31. The molecule has 0 radical (unpaired) electrons. The van der Waals surface area contributed by atoms with Crippen LogP contribution in [-0.4, -0.2) is 61.5 Å². The van der Waals surface area contributed by atoms with Gasteiger partial charge in [0, 0.05) is 32.2 Å². The minimum Gasteiger partial charge on any atom is -0.339 e. The summed E-state index contributed by atoms with van der Waals surface area (Å²) in [6.45, 7) is 8.59. The molecule has 4 nitrogen and oxygen atoms in total. The molecule has 18 heavy (non-hydrogen) atoms. The third-order valence-electron chi connectivity index (χ3n) is 3.83. The van der Waals surface area contributed by atoms with Gasteiger partial charge in [-0.25, -0.2) is 0 Å². The molecule has 0 aromatic heterocycles. The highest BCUT2D eigenvalue weighted by Crippen LogP contribution is 2.08. The van der Waals surface area contributed by atoms with E-state index in [-0.39, 0.29) is 5.91 Å². The molecule has 1 atom stereocenters.